The molecule has 2 aliphatic heterocycles. The van der Waals surface area contributed by atoms with Gasteiger partial charge in [-0.25, -0.2) is 8.42 Å². The number of benzene rings is 3. The highest BCUT2D eigenvalue weighted by molar-refractivity contribution is 7.91. The quantitative estimate of drug-likeness (QED) is 0.293. The van der Waals surface area contributed by atoms with Crippen LogP contribution < -0.4 is 14.8 Å². The molecule has 0 unspecified atom stereocenters. The van der Waals surface area contributed by atoms with Crippen LogP contribution in [0.15, 0.2) is 77.2 Å². The van der Waals surface area contributed by atoms with Crippen molar-refractivity contribution in [1.29, 1.82) is 0 Å². The molecule has 1 fully saturated rings. The Hall–Kier alpha value is -3.66. The lowest BCUT2D eigenvalue weighted by atomic mass is 10.1. The molecule has 0 aliphatic carbocycles. The average Bonchev–Trinajstić information content (AvgIpc) is 3.15. The van der Waals surface area contributed by atoms with Crippen LogP contribution in [0.2, 0.25) is 0 Å². The summed E-state index contributed by atoms with van der Waals surface area (Å²) in [4.78, 5) is 15.8. The van der Waals surface area contributed by atoms with Crippen molar-refractivity contribution in [2.45, 2.75) is 56.7 Å². The van der Waals surface area contributed by atoms with Gasteiger partial charge in [0.1, 0.15) is 18.1 Å². The van der Waals surface area contributed by atoms with Gasteiger partial charge < -0.3 is 19.5 Å². The molecule has 0 atom stereocenters. The largest absolute Gasteiger partial charge is 0.494 e. The van der Waals surface area contributed by atoms with Crippen molar-refractivity contribution in [3.8, 4) is 11.5 Å². The Labute approximate surface area is 254 Å². The fraction of sp³-hybridized carbons (Fsp3) is 0.382. The van der Waals surface area contributed by atoms with Gasteiger partial charge in [0.2, 0.25) is 0 Å². The molecule has 2 aliphatic rings. The number of nitrogens with one attached hydrogen (secondary N) is 1. The topological polar surface area (TPSA) is 94.2 Å². The summed E-state index contributed by atoms with van der Waals surface area (Å²) in [7, 11) is -1.43. The predicted molar refractivity (Wildman–Crippen MR) is 168 cm³/mol. The van der Waals surface area contributed by atoms with Crippen molar-refractivity contribution >= 4 is 27.5 Å². The van der Waals surface area contributed by atoms with Crippen LogP contribution in [0.1, 0.15) is 49.3 Å². The molecule has 0 aromatic heterocycles. The van der Waals surface area contributed by atoms with E-state index in [1.165, 1.54) is 0 Å². The Morgan fingerprint density at radius 1 is 0.977 bits per heavy atom. The molecule has 228 valence electrons. The molecule has 0 bridgehead atoms. The molecule has 1 amide bonds. The minimum Gasteiger partial charge on any atom is -0.494 e. The van der Waals surface area contributed by atoms with Gasteiger partial charge in [-0.3, -0.25) is 9.69 Å². The second kappa shape index (κ2) is 14.2. The third-order valence-electron chi connectivity index (χ3n) is 7.81. The summed E-state index contributed by atoms with van der Waals surface area (Å²) in [5, 5.41) is 2.95. The fourth-order valence-corrected chi connectivity index (χ4v) is 6.83. The first kappa shape index (κ1) is 30.8. The number of anilines is 1. The van der Waals surface area contributed by atoms with Gasteiger partial charge in [0.05, 0.1) is 17.3 Å². The van der Waals surface area contributed by atoms with Crippen LogP contribution >= 0.6 is 0 Å². The summed E-state index contributed by atoms with van der Waals surface area (Å²) in [6.07, 6.45) is 4.78. The number of sulfone groups is 1. The van der Waals surface area contributed by atoms with E-state index >= 15 is 0 Å². The summed E-state index contributed by atoms with van der Waals surface area (Å²) in [5.74, 6) is 0.853. The molecule has 1 saturated heterocycles. The maximum Gasteiger partial charge on any atom is 0.251 e. The minimum atomic E-state index is -3.56. The normalized spacial score (nSPS) is 16.6. The molecule has 0 saturated carbocycles. The molecular formula is C34H40N2O6S. The van der Waals surface area contributed by atoms with E-state index in [1.54, 1.807) is 24.3 Å². The summed E-state index contributed by atoms with van der Waals surface area (Å²) >= 11 is 0. The Bertz CT molecular complexity index is 1550. The van der Waals surface area contributed by atoms with Gasteiger partial charge in [0.15, 0.2) is 9.84 Å². The number of ether oxygens (including phenoxy) is 3. The Kier molecular flexibility index (Phi) is 10.2. The summed E-state index contributed by atoms with van der Waals surface area (Å²) in [6, 6.07) is 20.9. The van der Waals surface area contributed by atoms with E-state index in [4.69, 9.17) is 14.2 Å². The van der Waals surface area contributed by atoms with Crippen molar-refractivity contribution in [2.75, 3.05) is 37.9 Å². The first-order chi connectivity index (χ1) is 20.8. The van der Waals surface area contributed by atoms with E-state index in [2.05, 4.69) is 24.2 Å². The number of carbonyl (C=O) groups excluding carboxylic acids is 1. The van der Waals surface area contributed by atoms with Gasteiger partial charge in [-0.2, -0.15) is 0 Å². The summed E-state index contributed by atoms with van der Waals surface area (Å²) < 4.78 is 43.3. The standard InChI is InChI=1S/C34H40N2O6S/c1-3-16-41-31-6-4-5-26(20-31)24-42-32-11-12-33-28(22-32)21-27(15-19-43(33,38)39)34(37)35-29-9-7-25(8-10-29)23-36(2)30-13-17-40-18-14-30/h4-12,20-22,30H,3,13-19,23-24H2,1-2H3,(H,35,37). The highest BCUT2D eigenvalue weighted by Crippen LogP contribution is 2.30. The molecule has 8 nitrogen and oxygen atoms in total. The maximum absolute atomic E-state index is 13.3. The van der Waals surface area contributed by atoms with E-state index in [-0.39, 0.29) is 23.0 Å². The van der Waals surface area contributed by atoms with Crippen LogP contribution in [0.4, 0.5) is 5.69 Å². The number of carbonyl (C=O) groups is 1. The lowest BCUT2D eigenvalue weighted by Gasteiger charge is -2.31. The number of nitrogens with zero attached hydrogens (tertiary/aromatic N) is 1. The van der Waals surface area contributed by atoms with Crippen molar-refractivity contribution in [3.05, 3.63) is 89.0 Å². The van der Waals surface area contributed by atoms with Gasteiger partial charge in [0, 0.05) is 37.1 Å². The molecule has 3 aromatic carbocycles. The van der Waals surface area contributed by atoms with Crippen LogP contribution in [0.25, 0.3) is 6.08 Å². The van der Waals surface area contributed by atoms with E-state index in [0.29, 0.717) is 41.8 Å². The van der Waals surface area contributed by atoms with Gasteiger partial charge in [-0.1, -0.05) is 31.2 Å². The monoisotopic (exact) mass is 604 g/mol. The predicted octanol–water partition coefficient (Wildman–Crippen LogP) is 5.86. The molecular weight excluding hydrogens is 564 g/mol. The third-order valence-corrected chi connectivity index (χ3v) is 9.60. The van der Waals surface area contributed by atoms with E-state index in [1.807, 2.05) is 48.5 Å². The molecule has 2 heterocycles. The zero-order valence-electron chi connectivity index (χ0n) is 24.9. The molecule has 0 radical (unpaired) electrons. The van der Waals surface area contributed by atoms with Crippen LogP contribution in [0.3, 0.4) is 0 Å². The number of hydrogen-bond donors (Lipinski definition) is 1. The van der Waals surface area contributed by atoms with Gasteiger partial charge in [-0.15, -0.1) is 0 Å². The second-order valence-corrected chi connectivity index (χ2v) is 13.2. The molecule has 0 spiro atoms. The third kappa shape index (κ3) is 8.25. The number of amides is 1. The molecule has 5 rings (SSSR count). The Morgan fingerprint density at radius 3 is 2.51 bits per heavy atom. The van der Waals surface area contributed by atoms with Gasteiger partial charge >= 0.3 is 0 Å². The first-order valence-corrected chi connectivity index (χ1v) is 16.6. The highest BCUT2D eigenvalue weighted by atomic mass is 32.2. The lowest BCUT2D eigenvalue weighted by Crippen LogP contribution is -2.36. The van der Waals surface area contributed by atoms with Crippen LogP contribution in [-0.2, 0) is 32.5 Å². The van der Waals surface area contributed by atoms with Crippen LogP contribution in [-0.4, -0.2) is 57.9 Å². The maximum atomic E-state index is 13.3. The van der Waals surface area contributed by atoms with Crippen molar-refractivity contribution in [3.63, 3.8) is 0 Å². The Morgan fingerprint density at radius 2 is 1.74 bits per heavy atom. The first-order valence-electron chi connectivity index (χ1n) is 14.9. The van der Waals surface area contributed by atoms with Gasteiger partial charge in [-0.05, 0) is 98.0 Å². The fourth-order valence-electron chi connectivity index (χ4n) is 5.37. The van der Waals surface area contributed by atoms with Gasteiger partial charge in [0.25, 0.3) is 5.91 Å². The van der Waals surface area contributed by atoms with E-state index in [9.17, 15) is 13.2 Å². The number of fused-ring (bicyclic) bond motifs is 1. The molecule has 1 N–H and O–H groups in total. The average molecular weight is 605 g/mol. The summed E-state index contributed by atoms with van der Waals surface area (Å²) in [6.45, 7) is 5.43. The van der Waals surface area contributed by atoms with Crippen LogP contribution in [0, 0.1) is 0 Å². The van der Waals surface area contributed by atoms with Crippen LogP contribution in [0.5, 0.6) is 11.5 Å². The molecule has 43 heavy (non-hydrogen) atoms. The van der Waals surface area contributed by atoms with E-state index < -0.39 is 9.84 Å². The zero-order chi connectivity index (χ0) is 30.2. The smallest absolute Gasteiger partial charge is 0.251 e. The van der Waals surface area contributed by atoms with Crippen molar-refractivity contribution < 1.29 is 27.4 Å². The van der Waals surface area contributed by atoms with E-state index in [0.717, 1.165) is 55.9 Å². The SMILES string of the molecule is CCCOc1cccc(COc2ccc3c(c2)C=C(C(=O)Nc2ccc(CN(C)C4CCOCC4)cc2)CCS3(=O)=O)c1. The zero-order valence-corrected chi connectivity index (χ0v) is 25.7. The van der Waals surface area contributed by atoms with Crippen molar-refractivity contribution in [1.82, 2.24) is 4.90 Å². The molecule has 9 heteroatoms. The molecule has 3 aromatic rings. The highest BCUT2D eigenvalue weighted by Gasteiger charge is 2.25. The lowest BCUT2D eigenvalue weighted by molar-refractivity contribution is -0.112. The summed E-state index contributed by atoms with van der Waals surface area (Å²) in [5.41, 5.74) is 3.62. The van der Waals surface area contributed by atoms with Crippen molar-refractivity contribution in [2.24, 2.45) is 0 Å². The second-order valence-electron chi connectivity index (χ2n) is 11.1. The number of rotatable bonds is 11. The number of hydrogen-bond acceptors (Lipinski definition) is 7. The Balaban J connectivity index is 1.25. The minimum absolute atomic E-state index is 0.123.